The standard InChI is InChI=1S/C16H21BrO7S/c1-2-25-16-11(17)12(18)14-15(13(16)19)24-10-8-22-6-4-20-3-5-21-7-9-23-14/h2-10H2,1H3. The van der Waals surface area contributed by atoms with Crippen LogP contribution in [0.25, 0.3) is 0 Å². The molecule has 0 aromatic heterocycles. The van der Waals surface area contributed by atoms with Crippen molar-refractivity contribution in [2.45, 2.75) is 6.92 Å². The van der Waals surface area contributed by atoms with Gasteiger partial charge in [-0.05, 0) is 21.7 Å². The molecule has 0 amide bonds. The summed E-state index contributed by atoms with van der Waals surface area (Å²) in [6.45, 7) is 4.47. The molecule has 0 unspecified atom stereocenters. The van der Waals surface area contributed by atoms with Gasteiger partial charge in [-0.25, -0.2) is 0 Å². The Morgan fingerprint density at radius 2 is 1.24 bits per heavy atom. The molecule has 0 atom stereocenters. The molecule has 0 aromatic rings. The molecule has 1 aliphatic carbocycles. The monoisotopic (exact) mass is 436 g/mol. The van der Waals surface area contributed by atoms with Gasteiger partial charge in [-0.1, -0.05) is 6.92 Å². The van der Waals surface area contributed by atoms with Crippen molar-refractivity contribution in [2.24, 2.45) is 0 Å². The molecule has 0 saturated heterocycles. The lowest BCUT2D eigenvalue weighted by Gasteiger charge is -2.21. The SMILES string of the molecule is CCSC1=C(Br)C(=O)C2=C(OCCOCCOCCOCCO2)C1=O. The third-order valence-corrected chi connectivity index (χ3v) is 5.19. The second-order valence-electron chi connectivity index (χ2n) is 4.93. The Balaban J connectivity index is 2.16. The smallest absolute Gasteiger partial charge is 0.239 e. The van der Waals surface area contributed by atoms with Gasteiger partial charge in [0.2, 0.25) is 23.1 Å². The number of allylic oxidation sites excluding steroid dienone is 2. The van der Waals surface area contributed by atoms with Crippen LogP contribution in [-0.2, 0) is 33.3 Å². The molecule has 2 rings (SSSR count). The van der Waals surface area contributed by atoms with E-state index in [0.29, 0.717) is 37.1 Å². The number of halogens is 1. The zero-order valence-corrected chi connectivity index (χ0v) is 16.4. The lowest BCUT2D eigenvalue weighted by molar-refractivity contribution is -0.121. The second-order valence-corrected chi connectivity index (χ2v) is 6.99. The van der Waals surface area contributed by atoms with Crippen molar-refractivity contribution in [2.75, 3.05) is 58.6 Å². The van der Waals surface area contributed by atoms with Crippen LogP contribution in [0.3, 0.4) is 0 Å². The number of Topliss-reactive ketones (excluding diaryl/α,β-unsaturated/α-hetero) is 2. The van der Waals surface area contributed by atoms with Crippen molar-refractivity contribution in [1.82, 2.24) is 0 Å². The minimum Gasteiger partial charge on any atom is -0.484 e. The number of carbonyl (C=O) groups is 2. The molecule has 0 saturated carbocycles. The van der Waals surface area contributed by atoms with Gasteiger partial charge in [0.15, 0.2) is 0 Å². The van der Waals surface area contributed by atoms with E-state index in [-0.39, 0.29) is 48.2 Å². The molecular weight excluding hydrogens is 416 g/mol. The first-order valence-electron chi connectivity index (χ1n) is 8.01. The van der Waals surface area contributed by atoms with Gasteiger partial charge >= 0.3 is 0 Å². The van der Waals surface area contributed by atoms with Gasteiger partial charge in [-0.2, -0.15) is 0 Å². The summed E-state index contributed by atoms with van der Waals surface area (Å²) >= 11 is 4.50. The van der Waals surface area contributed by atoms with Gasteiger partial charge in [-0.15, -0.1) is 11.8 Å². The van der Waals surface area contributed by atoms with Crippen LogP contribution in [0.15, 0.2) is 20.9 Å². The Bertz CT molecular complexity index is 559. The Hall–Kier alpha value is -0.870. The van der Waals surface area contributed by atoms with Gasteiger partial charge in [-0.3, -0.25) is 9.59 Å². The zero-order chi connectivity index (χ0) is 18.1. The number of ether oxygens (including phenoxy) is 5. The van der Waals surface area contributed by atoms with Crippen LogP contribution in [0.1, 0.15) is 6.92 Å². The predicted molar refractivity (Wildman–Crippen MR) is 95.5 cm³/mol. The Kier molecular flexibility index (Phi) is 8.97. The van der Waals surface area contributed by atoms with Crippen molar-refractivity contribution in [3.8, 4) is 0 Å². The summed E-state index contributed by atoms with van der Waals surface area (Å²) in [6, 6.07) is 0. The van der Waals surface area contributed by atoms with Crippen molar-refractivity contribution >= 4 is 39.3 Å². The van der Waals surface area contributed by atoms with E-state index in [4.69, 9.17) is 23.7 Å². The second kappa shape index (κ2) is 11.0. The molecule has 9 heteroatoms. The minimum absolute atomic E-state index is 0.0705. The fourth-order valence-corrected chi connectivity index (χ4v) is 3.53. The molecular formula is C16H21BrO7S. The highest BCUT2D eigenvalue weighted by Gasteiger charge is 2.36. The maximum Gasteiger partial charge on any atom is 0.239 e. The van der Waals surface area contributed by atoms with Crippen LogP contribution < -0.4 is 0 Å². The minimum atomic E-state index is -0.404. The van der Waals surface area contributed by atoms with Crippen LogP contribution in [-0.4, -0.2) is 70.2 Å². The quantitative estimate of drug-likeness (QED) is 0.606. The van der Waals surface area contributed by atoms with E-state index in [1.54, 1.807) is 0 Å². The normalized spacial score (nSPS) is 21.8. The molecule has 0 radical (unpaired) electrons. The summed E-state index contributed by atoms with van der Waals surface area (Å²) in [7, 11) is 0. The largest absolute Gasteiger partial charge is 0.484 e. The number of thioether (sulfide) groups is 1. The fourth-order valence-electron chi connectivity index (χ4n) is 2.09. The van der Waals surface area contributed by atoms with E-state index in [1.165, 1.54) is 11.8 Å². The molecule has 1 aliphatic heterocycles. The maximum absolute atomic E-state index is 12.7. The van der Waals surface area contributed by atoms with E-state index >= 15 is 0 Å². The van der Waals surface area contributed by atoms with Gasteiger partial charge < -0.3 is 23.7 Å². The molecule has 2 aliphatic rings. The maximum atomic E-state index is 12.7. The molecule has 25 heavy (non-hydrogen) atoms. The molecule has 140 valence electrons. The summed E-state index contributed by atoms with van der Waals surface area (Å²) in [5.74, 6) is -0.268. The Morgan fingerprint density at radius 3 is 1.72 bits per heavy atom. The summed E-state index contributed by atoms with van der Waals surface area (Å²) in [5, 5.41) is 0. The van der Waals surface area contributed by atoms with Gasteiger partial charge in [0.05, 0.1) is 49.0 Å². The molecule has 0 N–H and O–H groups in total. The van der Waals surface area contributed by atoms with Crippen molar-refractivity contribution in [1.29, 1.82) is 0 Å². The van der Waals surface area contributed by atoms with Gasteiger partial charge in [0.25, 0.3) is 0 Å². The zero-order valence-electron chi connectivity index (χ0n) is 14.0. The third-order valence-electron chi connectivity index (χ3n) is 3.20. The molecule has 0 bridgehead atoms. The van der Waals surface area contributed by atoms with Crippen molar-refractivity contribution in [3.05, 3.63) is 20.9 Å². The lowest BCUT2D eigenvalue weighted by atomic mass is 10.1. The van der Waals surface area contributed by atoms with Crippen molar-refractivity contribution in [3.63, 3.8) is 0 Å². The fraction of sp³-hybridized carbons (Fsp3) is 0.625. The lowest BCUT2D eigenvalue weighted by Crippen LogP contribution is -2.26. The topological polar surface area (TPSA) is 80.3 Å². The number of rotatable bonds is 2. The third kappa shape index (κ3) is 5.82. The van der Waals surface area contributed by atoms with Crippen LogP contribution in [0, 0.1) is 0 Å². The highest BCUT2D eigenvalue weighted by molar-refractivity contribution is 9.12. The highest BCUT2D eigenvalue weighted by atomic mass is 79.9. The number of hydrogen-bond donors (Lipinski definition) is 0. The van der Waals surface area contributed by atoms with E-state index in [2.05, 4.69) is 15.9 Å². The highest BCUT2D eigenvalue weighted by Crippen LogP contribution is 2.35. The number of carbonyl (C=O) groups excluding carboxylic acids is 2. The predicted octanol–water partition coefficient (Wildman–Crippen LogP) is 1.81. The van der Waals surface area contributed by atoms with Crippen molar-refractivity contribution < 1.29 is 33.3 Å². The first-order chi connectivity index (χ1) is 12.2. The Labute approximate surface area is 159 Å². The molecule has 0 aromatic carbocycles. The average molecular weight is 437 g/mol. The average Bonchev–Trinajstić information content (AvgIpc) is 2.62. The first kappa shape index (κ1) is 20.4. The van der Waals surface area contributed by atoms with E-state index < -0.39 is 5.78 Å². The van der Waals surface area contributed by atoms with Crippen LogP contribution in [0.4, 0.5) is 0 Å². The summed E-state index contributed by atoms with van der Waals surface area (Å²) < 4.78 is 27.3. The summed E-state index contributed by atoms with van der Waals surface area (Å²) in [4.78, 5) is 25.6. The molecule has 0 spiro atoms. The number of hydrogen-bond acceptors (Lipinski definition) is 8. The Morgan fingerprint density at radius 1 is 0.800 bits per heavy atom. The number of ketones is 2. The van der Waals surface area contributed by atoms with Gasteiger partial charge in [0, 0.05) is 0 Å². The molecule has 1 heterocycles. The first-order valence-corrected chi connectivity index (χ1v) is 9.79. The molecule has 7 nitrogen and oxygen atoms in total. The van der Waals surface area contributed by atoms with E-state index in [0.717, 1.165) is 0 Å². The van der Waals surface area contributed by atoms with Crippen LogP contribution in [0.5, 0.6) is 0 Å². The van der Waals surface area contributed by atoms with E-state index in [1.807, 2.05) is 6.92 Å². The summed E-state index contributed by atoms with van der Waals surface area (Å²) in [6.07, 6.45) is 0. The van der Waals surface area contributed by atoms with E-state index in [9.17, 15) is 9.59 Å². The molecule has 0 fully saturated rings. The van der Waals surface area contributed by atoms with Gasteiger partial charge in [0.1, 0.15) is 13.2 Å². The summed E-state index contributed by atoms with van der Waals surface area (Å²) in [5.41, 5.74) is 0. The van der Waals surface area contributed by atoms with Crippen LogP contribution in [0.2, 0.25) is 0 Å². The van der Waals surface area contributed by atoms with Crippen LogP contribution >= 0.6 is 27.7 Å².